The summed E-state index contributed by atoms with van der Waals surface area (Å²) in [4.78, 5) is 20.1. The van der Waals surface area contributed by atoms with Gasteiger partial charge in [0.15, 0.2) is 0 Å². The van der Waals surface area contributed by atoms with Gasteiger partial charge in [0.25, 0.3) is 5.91 Å². The molecule has 0 bridgehead atoms. The van der Waals surface area contributed by atoms with Gasteiger partial charge in [-0.25, -0.2) is 4.39 Å². The molecule has 1 spiro atoms. The van der Waals surface area contributed by atoms with Crippen LogP contribution in [0.15, 0.2) is 60.8 Å². The van der Waals surface area contributed by atoms with Gasteiger partial charge in [0.05, 0.1) is 17.2 Å². The van der Waals surface area contributed by atoms with E-state index >= 15 is 0 Å². The summed E-state index contributed by atoms with van der Waals surface area (Å²) in [5, 5.41) is 10.3. The van der Waals surface area contributed by atoms with Crippen molar-refractivity contribution in [1.82, 2.24) is 9.88 Å². The van der Waals surface area contributed by atoms with Crippen LogP contribution in [0.2, 0.25) is 0 Å². The molecule has 1 aromatic heterocycles. The highest BCUT2D eigenvalue weighted by atomic mass is 19.1. The van der Waals surface area contributed by atoms with E-state index in [-0.39, 0.29) is 17.8 Å². The maximum atomic E-state index is 13.8. The number of likely N-dealkylation sites (tertiary alicyclic amines) is 1. The zero-order chi connectivity index (χ0) is 21.6. The molecule has 1 amide bonds. The fraction of sp³-hybridized carbons (Fsp3) is 0.280. The fourth-order valence-corrected chi connectivity index (χ4v) is 5.08. The first-order chi connectivity index (χ1) is 15.0. The Hall–Kier alpha value is -3.43. The average Bonchev–Trinajstić information content (AvgIpc) is 3.30. The molecule has 0 radical (unpaired) electrons. The molecule has 2 atom stereocenters. The molecule has 1 N–H and O–H groups in total. The second kappa shape index (κ2) is 7.36. The van der Waals surface area contributed by atoms with Crippen LogP contribution in [-0.4, -0.2) is 33.9 Å². The topological polar surface area (TPSA) is 63.1 Å². The number of nitrogens with one attached hydrogen (secondary N) is 1. The van der Waals surface area contributed by atoms with Crippen molar-refractivity contribution in [3.05, 3.63) is 77.8 Å². The molecule has 1 saturated heterocycles. The lowest BCUT2D eigenvalue weighted by atomic mass is 9.82. The number of hydrogen-bond donors (Lipinski definition) is 1. The van der Waals surface area contributed by atoms with Crippen molar-refractivity contribution in [3.8, 4) is 6.07 Å². The summed E-state index contributed by atoms with van der Waals surface area (Å²) in [5.74, 6) is -0.430. The number of piperidine rings is 1. The van der Waals surface area contributed by atoms with Crippen molar-refractivity contribution >= 4 is 22.5 Å². The predicted molar refractivity (Wildman–Crippen MR) is 118 cm³/mol. The first kappa shape index (κ1) is 19.5. The molecule has 5 nitrogen and oxygen atoms in total. The number of benzene rings is 2. The second-order valence-corrected chi connectivity index (χ2v) is 8.55. The van der Waals surface area contributed by atoms with Gasteiger partial charge in [-0.1, -0.05) is 12.1 Å². The number of rotatable bonds is 3. The van der Waals surface area contributed by atoms with Crippen LogP contribution in [0.3, 0.4) is 0 Å². The number of aromatic nitrogens is 1. The van der Waals surface area contributed by atoms with E-state index in [4.69, 9.17) is 0 Å². The van der Waals surface area contributed by atoms with Gasteiger partial charge in [-0.05, 0) is 61.7 Å². The third kappa shape index (κ3) is 3.31. The molecule has 3 heterocycles. The van der Waals surface area contributed by atoms with E-state index in [1.807, 2.05) is 30.5 Å². The lowest BCUT2D eigenvalue weighted by molar-refractivity contribution is -0.114. The van der Waals surface area contributed by atoms with Gasteiger partial charge >= 0.3 is 0 Å². The molecule has 5 rings (SSSR count). The van der Waals surface area contributed by atoms with Crippen molar-refractivity contribution in [2.24, 2.45) is 0 Å². The van der Waals surface area contributed by atoms with Crippen molar-refractivity contribution in [1.29, 1.82) is 5.26 Å². The van der Waals surface area contributed by atoms with E-state index < -0.39 is 5.54 Å². The quantitative estimate of drug-likeness (QED) is 0.686. The molecule has 2 aliphatic heterocycles. The second-order valence-electron chi connectivity index (χ2n) is 8.55. The Kier molecular flexibility index (Phi) is 4.64. The summed E-state index contributed by atoms with van der Waals surface area (Å²) >= 11 is 0. The van der Waals surface area contributed by atoms with Gasteiger partial charge in [0, 0.05) is 48.0 Å². The summed E-state index contributed by atoms with van der Waals surface area (Å²) in [6.45, 7) is 3.76. The molecular formula is C25H23FN4O. The molecular weight excluding hydrogens is 391 g/mol. The van der Waals surface area contributed by atoms with Crippen LogP contribution in [0, 0.1) is 17.1 Å². The molecule has 0 saturated carbocycles. The van der Waals surface area contributed by atoms with Crippen LogP contribution in [0.5, 0.6) is 0 Å². The molecule has 156 valence electrons. The number of carbonyl (C=O) groups is 1. The van der Waals surface area contributed by atoms with Crippen LogP contribution < -0.4 is 4.90 Å². The standard InChI is InChI=1S/C25H23FN4O/c1-17-13-25(8-7-24(31)30(25)21-4-2-3-20(26)12-21)9-10-29(17)16-19-15-28-23-6-5-18(14-27)11-22(19)23/h2-8,11-12,15,17,28H,9-10,13,16H2,1H3/t17-,25+/m1/s1. The maximum Gasteiger partial charge on any atom is 0.251 e. The van der Waals surface area contributed by atoms with Gasteiger partial charge in [-0.2, -0.15) is 5.26 Å². The van der Waals surface area contributed by atoms with Crippen LogP contribution >= 0.6 is 0 Å². The minimum absolute atomic E-state index is 0.0908. The predicted octanol–water partition coefficient (Wildman–Crippen LogP) is 4.50. The molecule has 3 aromatic rings. The van der Waals surface area contributed by atoms with Gasteiger partial charge in [-0.3, -0.25) is 14.6 Å². The Morgan fingerprint density at radius 1 is 1.29 bits per heavy atom. The Balaban J connectivity index is 1.39. The highest BCUT2D eigenvalue weighted by molar-refractivity contribution is 6.06. The van der Waals surface area contributed by atoms with Crippen molar-refractivity contribution in [2.75, 3.05) is 11.4 Å². The summed E-state index contributed by atoms with van der Waals surface area (Å²) in [6, 6.07) is 14.4. The molecule has 1 fully saturated rings. The Morgan fingerprint density at radius 3 is 2.94 bits per heavy atom. The van der Waals surface area contributed by atoms with Gasteiger partial charge in [0.2, 0.25) is 0 Å². The lowest BCUT2D eigenvalue weighted by Crippen LogP contribution is -2.56. The number of fused-ring (bicyclic) bond motifs is 1. The molecule has 0 aliphatic carbocycles. The zero-order valence-electron chi connectivity index (χ0n) is 17.3. The van der Waals surface area contributed by atoms with Crippen LogP contribution in [0.4, 0.5) is 10.1 Å². The number of aromatic amines is 1. The monoisotopic (exact) mass is 414 g/mol. The van der Waals surface area contributed by atoms with E-state index in [1.165, 1.54) is 12.1 Å². The van der Waals surface area contributed by atoms with E-state index in [0.29, 0.717) is 11.3 Å². The average molecular weight is 414 g/mol. The van der Waals surface area contributed by atoms with E-state index in [2.05, 4.69) is 22.9 Å². The first-order valence-electron chi connectivity index (χ1n) is 10.5. The SMILES string of the molecule is C[C@@H]1C[C@]2(C=CC(=O)N2c2cccc(F)c2)CCN1Cc1c[nH]c2ccc(C#N)cc12. The largest absolute Gasteiger partial charge is 0.361 e. The van der Waals surface area contributed by atoms with Crippen LogP contribution in [-0.2, 0) is 11.3 Å². The highest BCUT2D eigenvalue weighted by Crippen LogP contribution is 2.41. The lowest BCUT2D eigenvalue weighted by Gasteiger charge is -2.47. The van der Waals surface area contributed by atoms with E-state index in [0.717, 1.165) is 42.4 Å². The summed E-state index contributed by atoms with van der Waals surface area (Å²) in [5.41, 5.74) is 3.02. The van der Waals surface area contributed by atoms with Gasteiger partial charge in [-0.15, -0.1) is 0 Å². The molecule has 31 heavy (non-hydrogen) atoms. The smallest absolute Gasteiger partial charge is 0.251 e. The summed E-state index contributed by atoms with van der Waals surface area (Å²) in [6.07, 6.45) is 7.19. The third-order valence-corrected chi connectivity index (χ3v) is 6.64. The zero-order valence-corrected chi connectivity index (χ0v) is 17.3. The number of hydrogen-bond acceptors (Lipinski definition) is 3. The fourth-order valence-electron chi connectivity index (χ4n) is 5.08. The van der Waals surface area contributed by atoms with Crippen LogP contribution in [0.25, 0.3) is 10.9 Å². The number of amides is 1. The normalized spacial score (nSPS) is 23.7. The van der Waals surface area contributed by atoms with Crippen molar-refractivity contribution in [2.45, 2.75) is 37.9 Å². The maximum absolute atomic E-state index is 13.8. The minimum Gasteiger partial charge on any atom is -0.361 e. The number of nitriles is 1. The summed E-state index contributed by atoms with van der Waals surface area (Å²) in [7, 11) is 0. The number of anilines is 1. The summed E-state index contributed by atoms with van der Waals surface area (Å²) < 4.78 is 13.8. The third-order valence-electron chi connectivity index (χ3n) is 6.64. The van der Waals surface area contributed by atoms with Gasteiger partial charge < -0.3 is 4.98 Å². The molecule has 2 aromatic carbocycles. The van der Waals surface area contributed by atoms with Crippen molar-refractivity contribution in [3.63, 3.8) is 0 Å². The number of nitrogens with zero attached hydrogens (tertiary/aromatic N) is 3. The Bertz CT molecular complexity index is 1240. The minimum atomic E-state index is -0.422. The molecule has 6 heteroatoms. The van der Waals surface area contributed by atoms with Gasteiger partial charge in [0.1, 0.15) is 5.82 Å². The number of H-pyrrole nitrogens is 1. The molecule has 2 aliphatic rings. The van der Waals surface area contributed by atoms with E-state index in [1.54, 1.807) is 23.1 Å². The van der Waals surface area contributed by atoms with E-state index in [9.17, 15) is 14.4 Å². The number of carbonyl (C=O) groups excluding carboxylic acids is 1. The number of halogens is 1. The van der Waals surface area contributed by atoms with Crippen molar-refractivity contribution < 1.29 is 9.18 Å². The first-order valence-corrected chi connectivity index (χ1v) is 10.5. The highest BCUT2D eigenvalue weighted by Gasteiger charge is 2.46. The molecule has 0 unspecified atom stereocenters. The Morgan fingerprint density at radius 2 is 2.16 bits per heavy atom. The Labute approximate surface area is 180 Å². The van der Waals surface area contributed by atoms with Crippen LogP contribution in [0.1, 0.15) is 30.9 Å².